The molecule has 17 heavy (non-hydrogen) atoms. The summed E-state index contributed by atoms with van der Waals surface area (Å²) in [6.07, 6.45) is 5.77. The van der Waals surface area contributed by atoms with Crippen LogP contribution in [0.3, 0.4) is 0 Å². The van der Waals surface area contributed by atoms with E-state index >= 15 is 0 Å². The topological polar surface area (TPSA) is 52.3 Å². The van der Waals surface area contributed by atoms with Crippen molar-refractivity contribution in [1.82, 2.24) is 0 Å². The van der Waals surface area contributed by atoms with Gasteiger partial charge in [-0.1, -0.05) is 32.6 Å². The Labute approximate surface area is 103 Å². The fourth-order valence-corrected chi connectivity index (χ4v) is 1.57. The van der Waals surface area contributed by atoms with Gasteiger partial charge in [-0.05, 0) is 30.7 Å². The van der Waals surface area contributed by atoms with E-state index in [1.54, 1.807) is 24.3 Å². The maximum Gasteiger partial charge on any atom is 0.338 e. The van der Waals surface area contributed by atoms with Crippen LogP contribution in [0.15, 0.2) is 24.3 Å². The third kappa shape index (κ3) is 5.38. The van der Waals surface area contributed by atoms with E-state index in [4.69, 9.17) is 10.5 Å². The first-order chi connectivity index (χ1) is 8.24. The number of benzene rings is 1. The molecule has 3 nitrogen and oxygen atoms in total. The first kappa shape index (κ1) is 13.6. The maximum absolute atomic E-state index is 11.6. The molecule has 1 aromatic carbocycles. The van der Waals surface area contributed by atoms with Crippen LogP contribution in [0.2, 0.25) is 0 Å². The minimum Gasteiger partial charge on any atom is -0.462 e. The van der Waals surface area contributed by atoms with Crippen LogP contribution in [-0.4, -0.2) is 12.6 Å². The van der Waals surface area contributed by atoms with E-state index in [-0.39, 0.29) is 5.97 Å². The van der Waals surface area contributed by atoms with Crippen molar-refractivity contribution >= 4 is 11.7 Å². The third-order valence-corrected chi connectivity index (χ3v) is 2.63. The Kier molecular flexibility index (Phi) is 6.15. The molecule has 3 heteroatoms. The lowest BCUT2D eigenvalue weighted by molar-refractivity contribution is 0.0497. The average Bonchev–Trinajstić information content (AvgIpc) is 2.34. The van der Waals surface area contributed by atoms with Crippen molar-refractivity contribution in [2.24, 2.45) is 0 Å². The van der Waals surface area contributed by atoms with Gasteiger partial charge in [0.25, 0.3) is 0 Å². The van der Waals surface area contributed by atoms with Gasteiger partial charge in [0, 0.05) is 5.69 Å². The smallest absolute Gasteiger partial charge is 0.338 e. The van der Waals surface area contributed by atoms with E-state index in [1.165, 1.54) is 19.3 Å². The largest absolute Gasteiger partial charge is 0.462 e. The Bertz CT molecular complexity index is 333. The van der Waals surface area contributed by atoms with Crippen LogP contribution in [-0.2, 0) is 4.74 Å². The van der Waals surface area contributed by atoms with Crippen molar-refractivity contribution in [3.63, 3.8) is 0 Å². The number of rotatable bonds is 7. The van der Waals surface area contributed by atoms with Crippen LogP contribution in [0.1, 0.15) is 49.4 Å². The number of hydrogen-bond acceptors (Lipinski definition) is 3. The summed E-state index contributed by atoms with van der Waals surface area (Å²) in [7, 11) is 0. The zero-order chi connectivity index (χ0) is 12.5. The molecule has 0 aliphatic carbocycles. The van der Waals surface area contributed by atoms with Crippen molar-refractivity contribution in [2.75, 3.05) is 12.3 Å². The molecular formula is C14H21NO2. The molecule has 0 aliphatic heterocycles. The van der Waals surface area contributed by atoms with Gasteiger partial charge >= 0.3 is 5.97 Å². The molecule has 0 fully saturated rings. The van der Waals surface area contributed by atoms with Gasteiger partial charge in [0.15, 0.2) is 0 Å². The Morgan fingerprint density at radius 2 is 1.76 bits per heavy atom. The lowest BCUT2D eigenvalue weighted by Crippen LogP contribution is -2.06. The Morgan fingerprint density at radius 3 is 2.41 bits per heavy atom. The summed E-state index contributed by atoms with van der Waals surface area (Å²) in [5, 5.41) is 0. The first-order valence-corrected chi connectivity index (χ1v) is 6.26. The summed E-state index contributed by atoms with van der Waals surface area (Å²) in [6.45, 7) is 2.69. The number of ether oxygens (including phenoxy) is 1. The van der Waals surface area contributed by atoms with Gasteiger partial charge in [-0.2, -0.15) is 0 Å². The second-order valence-electron chi connectivity index (χ2n) is 4.17. The standard InChI is InChI=1S/C14H21NO2/c1-2-3-4-5-6-11-17-14(16)12-7-9-13(15)10-8-12/h7-10H,2-6,11,15H2,1H3. The Morgan fingerprint density at radius 1 is 1.12 bits per heavy atom. The molecule has 0 aliphatic rings. The summed E-state index contributed by atoms with van der Waals surface area (Å²) >= 11 is 0. The van der Waals surface area contributed by atoms with Crippen molar-refractivity contribution in [1.29, 1.82) is 0 Å². The molecule has 0 radical (unpaired) electrons. The van der Waals surface area contributed by atoms with Crippen LogP contribution in [0.4, 0.5) is 5.69 Å². The summed E-state index contributed by atoms with van der Waals surface area (Å²) in [5.74, 6) is -0.263. The van der Waals surface area contributed by atoms with Crippen LogP contribution >= 0.6 is 0 Å². The molecular weight excluding hydrogens is 214 g/mol. The molecule has 1 aromatic rings. The molecule has 0 unspecified atom stereocenters. The quantitative estimate of drug-likeness (QED) is 0.447. The second kappa shape index (κ2) is 7.71. The van der Waals surface area contributed by atoms with E-state index in [2.05, 4.69) is 6.92 Å². The van der Waals surface area contributed by atoms with Gasteiger partial charge in [-0.25, -0.2) is 4.79 Å². The van der Waals surface area contributed by atoms with Crippen LogP contribution in [0.5, 0.6) is 0 Å². The third-order valence-electron chi connectivity index (χ3n) is 2.63. The molecule has 0 heterocycles. The lowest BCUT2D eigenvalue weighted by atomic mass is 10.2. The van der Waals surface area contributed by atoms with Gasteiger partial charge in [0.2, 0.25) is 0 Å². The van der Waals surface area contributed by atoms with E-state index in [1.807, 2.05) is 0 Å². The Balaban J connectivity index is 2.19. The number of esters is 1. The molecule has 0 bridgehead atoms. The summed E-state index contributed by atoms with van der Waals surface area (Å²) < 4.78 is 5.17. The van der Waals surface area contributed by atoms with Gasteiger partial charge in [0.05, 0.1) is 12.2 Å². The highest BCUT2D eigenvalue weighted by Crippen LogP contribution is 2.08. The molecule has 94 valence electrons. The van der Waals surface area contributed by atoms with Crippen molar-refractivity contribution in [3.05, 3.63) is 29.8 Å². The van der Waals surface area contributed by atoms with Crippen molar-refractivity contribution in [3.8, 4) is 0 Å². The number of hydrogen-bond donors (Lipinski definition) is 1. The van der Waals surface area contributed by atoms with Gasteiger partial charge < -0.3 is 10.5 Å². The summed E-state index contributed by atoms with van der Waals surface area (Å²) in [5.41, 5.74) is 6.76. The molecule has 0 amide bonds. The van der Waals surface area contributed by atoms with Crippen molar-refractivity contribution in [2.45, 2.75) is 39.0 Å². The molecule has 0 aromatic heterocycles. The summed E-state index contributed by atoms with van der Waals surface area (Å²) in [6, 6.07) is 6.79. The predicted octanol–water partition coefficient (Wildman–Crippen LogP) is 3.40. The van der Waals surface area contributed by atoms with Crippen molar-refractivity contribution < 1.29 is 9.53 Å². The number of carbonyl (C=O) groups is 1. The van der Waals surface area contributed by atoms with Gasteiger partial charge in [-0.3, -0.25) is 0 Å². The minimum absolute atomic E-state index is 0.263. The molecule has 0 spiro atoms. The highest BCUT2D eigenvalue weighted by molar-refractivity contribution is 5.89. The SMILES string of the molecule is CCCCCCCOC(=O)c1ccc(N)cc1. The van der Waals surface area contributed by atoms with Gasteiger partial charge in [-0.15, -0.1) is 0 Å². The normalized spacial score (nSPS) is 10.2. The average molecular weight is 235 g/mol. The van der Waals surface area contributed by atoms with E-state index in [9.17, 15) is 4.79 Å². The fraction of sp³-hybridized carbons (Fsp3) is 0.500. The second-order valence-corrected chi connectivity index (χ2v) is 4.17. The maximum atomic E-state index is 11.6. The number of anilines is 1. The molecule has 2 N–H and O–H groups in total. The van der Waals surface area contributed by atoms with Crippen LogP contribution in [0.25, 0.3) is 0 Å². The zero-order valence-electron chi connectivity index (χ0n) is 10.4. The highest BCUT2D eigenvalue weighted by Gasteiger charge is 2.05. The number of nitrogens with two attached hydrogens (primary N) is 1. The van der Waals surface area contributed by atoms with E-state index in [0.29, 0.717) is 17.9 Å². The fourth-order valence-electron chi connectivity index (χ4n) is 1.57. The van der Waals surface area contributed by atoms with Gasteiger partial charge in [0.1, 0.15) is 0 Å². The highest BCUT2D eigenvalue weighted by atomic mass is 16.5. The molecule has 0 saturated carbocycles. The lowest BCUT2D eigenvalue weighted by Gasteiger charge is -2.04. The number of unbranched alkanes of at least 4 members (excludes halogenated alkanes) is 4. The summed E-state index contributed by atoms with van der Waals surface area (Å²) in [4.78, 5) is 11.6. The van der Waals surface area contributed by atoms with E-state index in [0.717, 1.165) is 12.8 Å². The molecule has 0 atom stereocenters. The minimum atomic E-state index is -0.263. The Hall–Kier alpha value is -1.51. The van der Waals surface area contributed by atoms with Crippen LogP contribution in [0, 0.1) is 0 Å². The molecule has 0 saturated heterocycles. The van der Waals surface area contributed by atoms with Crippen LogP contribution < -0.4 is 5.73 Å². The first-order valence-electron chi connectivity index (χ1n) is 6.26. The predicted molar refractivity (Wildman–Crippen MR) is 69.9 cm³/mol. The number of carbonyl (C=O) groups excluding carboxylic acids is 1. The number of nitrogen functional groups attached to an aromatic ring is 1. The van der Waals surface area contributed by atoms with E-state index < -0.39 is 0 Å². The molecule has 1 rings (SSSR count). The zero-order valence-corrected chi connectivity index (χ0v) is 10.4. The monoisotopic (exact) mass is 235 g/mol.